The summed E-state index contributed by atoms with van der Waals surface area (Å²) in [7, 11) is 2.16. The molecule has 2 fully saturated rings. The summed E-state index contributed by atoms with van der Waals surface area (Å²) in [6.45, 7) is 8.69. The molecule has 2 amide bonds. The van der Waals surface area contributed by atoms with E-state index in [0.717, 1.165) is 81.0 Å². The van der Waals surface area contributed by atoms with Crippen molar-refractivity contribution in [3.8, 4) is 11.3 Å². The molecule has 0 radical (unpaired) electrons. The van der Waals surface area contributed by atoms with Crippen molar-refractivity contribution in [2.75, 3.05) is 56.9 Å². The number of carbonyl (C=O) groups excluding carboxylic acids is 2. The molecule has 3 aliphatic rings. The first-order valence-electron chi connectivity index (χ1n) is 16.8. The van der Waals surface area contributed by atoms with Gasteiger partial charge in [0.05, 0.1) is 11.4 Å². The molecule has 3 aliphatic heterocycles. The number of aromatic nitrogens is 3. The number of piperazine rings is 1. The predicted octanol–water partition coefficient (Wildman–Crippen LogP) is 4.76. The molecule has 5 heterocycles. The van der Waals surface area contributed by atoms with Gasteiger partial charge in [0.2, 0.25) is 5.95 Å². The molecule has 2 aromatic carbocycles. The summed E-state index contributed by atoms with van der Waals surface area (Å²) in [5, 5.41) is 14.8. The number of pyridine rings is 1. The number of benzene rings is 2. The average molecular weight is 657 g/mol. The fourth-order valence-electron chi connectivity index (χ4n) is 6.23. The Morgan fingerprint density at radius 3 is 2.43 bits per heavy atom. The van der Waals surface area contributed by atoms with Crippen LogP contribution in [0.5, 0.6) is 0 Å². The lowest BCUT2D eigenvalue weighted by Crippen LogP contribution is -2.43. The van der Waals surface area contributed by atoms with Gasteiger partial charge in [-0.3, -0.25) is 19.5 Å². The van der Waals surface area contributed by atoms with Crippen molar-refractivity contribution < 1.29 is 9.59 Å². The molecule has 0 unspecified atom stereocenters. The second-order valence-electron chi connectivity index (χ2n) is 12.9. The Morgan fingerprint density at radius 1 is 0.857 bits per heavy atom. The van der Waals surface area contributed by atoms with E-state index in [-0.39, 0.29) is 11.8 Å². The predicted molar refractivity (Wildman–Crippen MR) is 191 cm³/mol. The van der Waals surface area contributed by atoms with Crippen LogP contribution in [0, 0.1) is 6.92 Å². The van der Waals surface area contributed by atoms with Crippen molar-refractivity contribution in [2.45, 2.75) is 32.7 Å². The number of hydrogen-bond acceptors (Lipinski definition) is 10. The van der Waals surface area contributed by atoms with Crippen LogP contribution in [-0.4, -0.2) is 99.2 Å². The minimum absolute atomic E-state index is 0.0309. The van der Waals surface area contributed by atoms with Crippen LogP contribution in [0.4, 0.5) is 17.3 Å². The van der Waals surface area contributed by atoms with Gasteiger partial charge < -0.3 is 20.4 Å². The fraction of sp³-hybridized carbons (Fsp3) is 0.324. The molecule has 12 heteroatoms. The van der Waals surface area contributed by atoms with E-state index in [1.54, 1.807) is 18.6 Å². The number of aryl methyl sites for hydroxylation is 1. The Balaban J connectivity index is 0.987. The summed E-state index contributed by atoms with van der Waals surface area (Å²) in [5.41, 5.74) is 7.66. The van der Waals surface area contributed by atoms with Gasteiger partial charge in [0, 0.05) is 98.9 Å². The lowest BCUT2D eigenvalue weighted by atomic mass is 10.0. The van der Waals surface area contributed by atoms with Crippen LogP contribution >= 0.6 is 0 Å². The molecule has 2 N–H and O–H groups in total. The van der Waals surface area contributed by atoms with Gasteiger partial charge in [-0.15, -0.1) is 5.10 Å². The first-order chi connectivity index (χ1) is 23.9. The summed E-state index contributed by atoms with van der Waals surface area (Å²) in [6, 6.07) is 17.3. The van der Waals surface area contributed by atoms with E-state index >= 15 is 0 Å². The Labute approximate surface area is 286 Å². The lowest BCUT2D eigenvalue weighted by molar-refractivity contribution is -0.123. The highest BCUT2D eigenvalue weighted by Gasteiger charge is 2.27. The van der Waals surface area contributed by atoms with Crippen LogP contribution in [0.2, 0.25) is 0 Å². The summed E-state index contributed by atoms with van der Waals surface area (Å²) >= 11 is 0. The Hall–Kier alpha value is -5.33. The molecule has 2 aromatic heterocycles. The molecular formula is C37H40N10O2. The number of nitrogens with zero attached hydrogens (tertiary/aromatic N) is 8. The highest BCUT2D eigenvalue weighted by molar-refractivity contribution is 6.44. The van der Waals surface area contributed by atoms with Crippen LogP contribution in [0.25, 0.3) is 11.3 Å². The molecule has 0 spiro atoms. The quantitative estimate of drug-likeness (QED) is 0.264. The zero-order valence-corrected chi connectivity index (χ0v) is 27.9. The van der Waals surface area contributed by atoms with E-state index in [1.807, 2.05) is 66.4 Å². The molecular weight excluding hydrogens is 616 g/mol. The third-order valence-corrected chi connectivity index (χ3v) is 9.25. The normalized spacial score (nSPS) is 16.7. The zero-order chi connectivity index (χ0) is 33.7. The minimum atomic E-state index is -0.170. The molecule has 2 saturated heterocycles. The maximum atomic E-state index is 13.1. The van der Waals surface area contributed by atoms with E-state index in [9.17, 15) is 9.59 Å². The average Bonchev–Trinajstić information content (AvgIpc) is 3.85. The second-order valence-corrected chi connectivity index (χ2v) is 12.9. The number of anilines is 3. The van der Waals surface area contributed by atoms with Crippen LogP contribution in [0.3, 0.4) is 0 Å². The van der Waals surface area contributed by atoms with Crippen LogP contribution in [0.15, 0.2) is 83.4 Å². The summed E-state index contributed by atoms with van der Waals surface area (Å²) < 4.78 is 0. The number of likely N-dealkylation sites (N-methyl/N-ethyl adjacent to an activating group) is 1. The number of likely N-dealkylation sites (tertiary alicyclic amines) is 1. The Kier molecular flexibility index (Phi) is 9.49. The number of nitrogens with one attached hydrogen (secondary N) is 2. The summed E-state index contributed by atoms with van der Waals surface area (Å²) in [6.07, 6.45) is 7.60. The van der Waals surface area contributed by atoms with Gasteiger partial charge in [0.15, 0.2) is 0 Å². The third-order valence-electron chi connectivity index (χ3n) is 9.25. The third kappa shape index (κ3) is 7.71. The molecule has 250 valence electrons. The zero-order valence-electron chi connectivity index (χ0n) is 27.9. The highest BCUT2D eigenvalue weighted by Crippen LogP contribution is 2.26. The van der Waals surface area contributed by atoms with Gasteiger partial charge in [0.1, 0.15) is 5.71 Å². The van der Waals surface area contributed by atoms with Crippen molar-refractivity contribution in [3.05, 3.63) is 95.4 Å². The van der Waals surface area contributed by atoms with Crippen molar-refractivity contribution in [2.24, 2.45) is 10.2 Å². The minimum Gasteiger partial charge on any atom is -0.338 e. The van der Waals surface area contributed by atoms with Gasteiger partial charge in [-0.2, -0.15) is 5.10 Å². The van der Waals surface area contributed by atoms with E-state index in [0.29, 0.717) is 40.7 Å². The smallest absolute Gasteiger partial charge is 0.270 e. The Bertz CT molecular complexity index is 1910. The van der Waals surface area contributed by atoms with Gasteiger partial charge >= 0.3 is 0 Å². The molecule has 0 atom stereocenters. The molecule has 12 nitrogen and oxygen atoms in total. The number of hydrogen-bond donors (Lipinski definition) is 2. The van der Waals surface area contributed by atoms with Crippen LogP contribution in [-0.2, 0) is 11.3 Å². The second kappa shape index (κ2) is 14.4. The van der Waals surface area contributed by atoms with E-state index < -0.39 is 0 Å². The molecule has 0 bridgehead atoms. The van der Waals surface area contributed by atoms with Crippen molar-refractivity contribution in [3.63, 3.8) is 0 Å². The highest BCUT2D eigenvalue weighted by atomic mass is 16.2. The largest absolute Gasteiger partial charge is 0.338 e. The topological polar surface area (TPSA) is 131 Å². The molecule has 4 aromatic rings. The number of carbonyl (C=O) groups is 2. The molecule has 49 heavy (non-hydrogen) atoms. The van der Waals surface area contributed by atoms with Gasteiger partial charge in [0.25, 0.3) is 11.8 Å². The van der Waals surface area contributed by atoms with Gasteiger partial charge in [-0.1, -0.05) is 18.2 Å². The maximum Gasteiger partial charge on any atom is 0.270 e. The molecule has 0 saturated carbocycles. The summed E-state index contributed by atoms with van der Waals surface area (Å²) in [5.74, 6) is 0.207. The van der Waals surface area contributed by atoms with Crippen molar-refractivity contribution in [1.29, 1.82) is 0 Å². The number of rotatable bonds is 9. The van der Waals surface area contributed by atoms with Gasteiger partial charge in [-0.05, 0) is 74.3 Å². The fourth-order valence-corrected chi connectivity index (χ4v) is 6.23. The SMILES string of the molecule is Cc1ccc(NC(=O)c2ccc(CN3CCN(C)CC3)cc2)cc1Nc1nccc(-c2cncc(C3=NN=C(C(=O)N4CCCC4)C3)c2)n1. The number of amides is 2. The van der Waals surface area contributed by atoms with E-state index in [1.165, 1.54) is 5.56 Å². The van der Waals surface area contributed by atoms with E-state index in [2.05, 4.69) is 47.7 Å². The van der Waals surface area contributed by atoms with Crippen LogP contribution < -0.4 is 10.6 Å². The van der Waals surface area contributed by atoms with Crippen molar-refractivity contribution >= 4 is 40.6 Å². The standard InChI is InChI=1S/C37H40N10O2/c1-25-5-10-30(40-35(48)27-8-6-26(7-9-27)24-46-17-15-45(2)16-18-46)20-32(25)42-37-39-12-11-31(41-37)28-19-29(23-38-22-28)33-21-34(44-43-33)36(49)47-13-3-4-14-47/h5-12,19-20,22-23H,3-4,13-18,21,24H2,1-2H3,(H,40,48)(H,39,41,42). The first kappa shape index (κ1) is 32.2. The molecule has 7 rings (SSSR count). The van der Waals surface area contributed by atoms with Crippen molar-refractivity contribution in [1.82, 2.24) is 29.7 Å². The lowest BCUT2D eigenvalue weighted by Gasteiger charge is -2.32. The van der Waals surface area contributed by atoms with Crippen LogP contribution in [0.1, 0.15) is 46.3 Å². The first-order valence-corrected chi connectivity index (χ1v) is 16.8. The molecule has 0 aliphatic carbocycles. The monoisotopic (exact) mass is 656 g/mol. The van der Waals surface area contributed by atoms with Gasteiger partial charge in [-0.25, -0.2) is 9.97 Å². The maximum absolute atomic E-state index is 13.1. The summed E-state index contributed by atoms with van der Waals surface area (Å²) in [4.78, 5) is 46.2. The van der Waals surface area contributed by atoms with E-state index in [4.69, 9.17) is 4.98 Å². The Morgan fingerprint density at radius 2 is 1.63 bits per heavy atom.